The molecule has 31 heavy (non-hydrogen) atoms. The van der Waals surface area contributed by atoms with Crippen molar-refractivity contribution in [2.45, 2.75) is 19.0 Å². The minimum atomic E-state index is -3.18. The fourth-order valence-corrected chi connectivity index (χ4v) is 5.42. The topological polar surface area (TPSA) is 91.4 Å². The first kappa shape index (κ1) is 22.7. The molecule has 1 saturated heterocycles. The van der Waals surface area contributed by atoms with E-state index in [1.165, 1.54) is 21.3 Å². The van der Waals surface area contributed by atoms with Gasteiger partial charge in [-0.1, -0.05) is 12.1 Å². The summed E-state index contributed by atoms with van der Waals surface area (Å²) in [6, 6.07) is 10.1. The summed E-state index contributed by atoms with van der Waals surface area (Å²) < 4.78 is 45.5. The highest BCUT2D eigenvalue weighted by Gasteiger charge is 2.35. The van der Waals surface area contributed by atoms with Gasteiger partial charge in [0.2, 0.25) is 5.75 Å². The Hall–Kier alpha value is -2.94. The van der Waals surface area contributed by atoms with Crippen LogP contribution < -0.4 is 18.9 Å². The Labute approximate surface area is 182 Å². The first-order valence-electron chi connectivity index (χ1n) is 9.76. The van der Waals surface area contributed by atoms with Crippen molar-refractivity contribution in [3.05, 3.63) is 47.5 Å². The van der Waals surface area contributed by atoms with Gasteiger partial charge in [-0.3, -0.25) is 4.79 Å². The lowest BCUT2D eigenvalue weighted by Crippen LogP contribution is -2.40. The molecule has 2 aromatic rings. The van der Waals surface area contributed by atoms with Crippen molar-refractivity contribution in [1.29, 1.82) is 0 Å². The molecule has 2 aromatic carbocycles. The van der Waals surface area contributed by atoms with Crippen LogP contribution >= 0.6 is 0 Å². The van der Waals surface area contributed by atoms with E-state index in [0.29, 0.717) is 35.0 Å². The van der Waals surface area contributed by atoms with Gasteiger partial charge < -0.3 is 23.8 Å². The molecule has 0 aromatic heterocycles. The summed E-state index contributed by atoms with van der Waals surface area (Å²) in [5, 5.41) is 0. The van der Waals surface area contributed by atoms with Crippen LogP contribution in [0.15, 0.2) is 36.4 Å². The monoisotopic (exact) mass is 449 g/mol. The number of ether oxygens (including phenoxy) is 4. The Kier molecular flexibility index (Phi) is 6.94. The van der Waals surface area contributed by atoms with E-state index in [9.17, 15) is 13.2 Å². The van der Waals surface area contributed by atoms with E-state index < -0.39 is 15.9 Å². The molecule has 1 unspecified atom stereocenters. The molecule has 0 spiro atoms. The van der Waals surface area contributed by atoms with E-state index in [1.807, 2.05) is 24.3 Å². The molecule has 1 heterocycles. The predicted molar refractivity (Wildman–Crippen MR) is 116 cm³/mol. The number of sulfone groups is 1. The highest BCUT2D eigenvalue weighted by Crippen LogP contribution is 2.39. The number of carbonyl (C=O) groups excluding carboxylic acids is 1. The number of methoxy groups -OCH3 is 4. The molecule has 0 N–H and O–H groups in total. The maximum Gasteiger partial charge on any atom is 0.254 e. The molecule has 1 aliphatic heterocycles. The van der Waals surface area contributed by atoms with E-state index in [0.717, 1.165) is 5.56 Å². The van der Waals surface area contributed by atoms with Gasteiger partial charge in [0, 0.05) is 18.2 Å². The minimum Gasteiger partial charge on any atom is -0.497 e. The molecule has 9 heteroatoms. The Morgan fingerprint density at radius 1 is 0.968 bits per heavy atom. The molecule has 8 nitrogen and oxygen atoms in total. The molecule has 1 atom stereocenters. The maximum absolute atomic E-state index is 13.6. The van der Waals surface area contributed by atoms with Crippen LogP contribution in [0.2, 0.25) is 0 Å². The Bertz CT molecular complexity index is 1010. The minimum absolute atomic E-state index is 0.0562. The van der Waals surface area contributed by atoms with Crippen molar-refractivity contribution in [2.75, 3.05) is 39.9 Å². The zero-order valence-electron chi connectivity index (χ0n) is 18.1. The Morgan fingerprint density at radius 3 is 2.03 bits per heavy atom. The SMILES string of the molecule is COc1ccc(CN(C(=O)c2cc(OC)c(OC)c(OC)c2)C2CCS(=O)(=O)C2)cc1. The average molecular weight is 450 g/mol. The third-order valence-corrected chi connectivity index (χ3v) is 7.08. The lowest BCUT2D eigenvalue weighted by molar-refractivity contribution is 0.0680. The van der Waals surface area contributed by atoms with Gasteiger partial charge >= 0.3 is 0 Å². The van der Waals surface area contributed by atoms with Crippen molar-refractivity contribution in [3.8, 4) is 23.0 Å². The van der Waals surface area contributed by atoms with Crippen molar-refractivity contribution >= 4 is 15.7 Å². The Morgan fingerprint density at radius 2 is 1.58 bits per heavy atom. The molecule has 168 valence electrons. The zero-order valence-corrected chi connectivity index (χ0v) is 18.9. The summed E-state index contributed by atoms with van der Waals surface area (Å²) in [6.07, 6.45) is 0.397. The molecule has 0 radical (unpaired) electrons. The van der Waals surface area contributed by atoms with E-state index in [-0.39, 0.29) is 24.0 Å². The molecule has 0 bridgehead atoms. The first-order chi connectivity index (χ1) is 14.8. The highest BCUT2D eigenvalue weighted by atomic mass is 32.2. The normalized spacial score (nSPS) is 17.1. The van der Waals surface area contributed by atoms with Gasteiger partial charge in [0.05, 0.1) is 39.9 Å². The fraction of sp³-hybridized carbons (Fsp3) is 0.409. The molecular weight excluding hydrogens is 422 g/mol. The summed E-state index contributed by atoms with van der Waals surface area (Å²) >= 11 is 0. The summed E-state index contributed by atoms with van der Waals surface area (Å²) in [5.74, 6) is 1.50. The first-order valence-corrected chi connectivity index (χ1v) is 11.6. The van der Waals surface area contributed by atoms with Crippen LogP contribution in [0.5, 0.6) is 23.0 Å². The lowest BCUT2D eigenvalue weighted by Gasteiger charge is -2.29. The number of hydrogen-bond acceptors (Lipinski definition) is 7. The summed E-state index contributed by atoms with van der Waals surface area (Å²) in [4.78, 5) is 15.2. The maximum atomic E-state index is 13.6. The number of carbonyl (C=O) groups is 1. The van der Waals surface area contributed by atoms with Gasteiger partial charge in [-0.05, 0) is 36.2 Å². The second kappa shape index (κ2) is 9.47. The second-order valence-corrected chi connectivity index (χ2v) is 9.48. The average Bonchev–Trinajstić information content (AvgIpc) is 3.15. The van der Waals surface area contributed by atoms with Crippen molar-refractivity contribution < 1.29 is 32.2 Å². The molecule has 1 fully saturated rings. The van der Waals surface area contributed by atoms with Crippen LogP contribution in [0.25, 0.3) is 0 Å². The number of nitrogens with zero attached hydrogens (tertiary/aromatic N) is 1. The van der Waals surface area contributed by atoms with Crippen molar-refractivity contribution in [3.63, 3.8) is 0 Å². The van der Waals surface area contributed by atoms with Gasteiger partial charge in [-0.15, -0.1) is 0 Å². The largest absolute Gasteiger partial charge is 0.497 e. The summed E-state index contributed by atoms with van der Waals surface area (Å²) in [5.41, 5.74) is 1.19. The van der Waals surface area contributed by atoms with Crippen LogP contribution in [-0.4, -0.2) is 65.2 Å². The Balaban J connectivity index is 1.99. The van der Waals surface area contributed by atoms with Gasteiger partial charge in [-0.2, -0.15) is 0 Å². The van der Waals surface area contributed by atoms with E-state index in [2.05, 4.69) is 0 Å². The van der Waals surface area contributed by atoms with Crippen LogP contribution in [0.4, 0.5) is 0 Å². The quantitative estimate of drug-likeness (QED) is 0.612. The number of hydrogen-bond donors (Lipinski definition) is 0. The van der Waals surface area contributed by atoms with E-state index in [4.69, 9.17) is 18.9 Å². The molecule has 1 aliphatic rings. The fourth-order valence-electron chi connectivity index (χ4n) is 3.69. The zero-order chi connectivity index (χ0) is 22.6. The van der Waals surface area contributed by atoms with Crippen molar-refractivity contribution in [1.82, 2.24) is 4.90 Å². The van der Waals surface area contributed by atoms with Crippen molar-refractivity contribution in [2.24, 2.45) is 0 Å². The van der Waals surface area contributed by atoms with Crippen LogP contribution in [0, 0.1) is 0 Å². The highest BCUT2D eigenvalue weighted by molar-refractivity contribution is 7.91. The molecular formula is C22H27NO7S. The predicted octanol–water partition coefficient (Wildman–Crippen LogP) is 2.55. The molecule has 1 amide bonds. The molecule has 0 aliphatic carbocycles. The molecule has 0 saturated carbocycles. The number of benzene rings is 2. The van der Waals surface area contributed by atoms with Crippen LogP contribution in [0.3, 0.4) is 0 Å². The number of amides is 1. The third-order valence-electron chi connectivity index (χ3n) is 5.33. The second-order valence-electron chi connectivity index (χ2n) is 7.25. The standard InChI is InChI=1S/C22H27NO7S/c1-27-18-7-5-15(6-8-18)13-23(17-9-10-31(25,26)14-17)22(24)16-11-19(28-2)21(30-4)20(12-16)29-3/h5-8,11-12,17H,9-10,13-14H2,1-4H3. The van der Waals surface area contributed by atoms with Gasteiger partial charge in [0.15, 0.2) is 21.3 Å². The summed E-state index contributed by atoms with van der Waals surface area (Å²) in [7, 11) is 2.84. The van der Waals surface area contributed by atoms with Crippen LogP contribution in [-0.2, 0) is 16.4 Å². The van der Waals surface area contributed by atoms with Gasteiger partial charge in [0.25, 0.3) is 5.91 Å². The summed E-state index contributed by atoms with van der Waals surface area (Å²) in [6.45, 7) is 0.264. The van der Waals surface area contributed by atoms with Gasteiger partial charge in [-0.25, -0.2) is 8.42 Å². The van der Waals surface area contributed by atoms with E-state index in [1.54, 1.807) is 24.1 Å². The van der Waals surface area contributed by atoms with Gasteiger partial charge in [0.1, 0.15) is 5.75 Å². The smallest absolute Gasteiger partial charge is 0.254 e. The third kappa shape index (κ3) is 5.04. The van der Waals surface area contributed by atoms with Crippen LogP contribution in [0.1, 0.15) is 22.3 Å². The van der Waals surface area contributed by atoms with E-state index >= 15 is 0 Å². The molecule has 3 rings (SSSR count). The lowest BCUT2D eigenvalue weighted by atomic mass is 10.1. The number of rotatable bonds is 8.